The molecule has 3 rings (SSSR count). The van der Waals surface area contributed by atoms with Crippen molar-refractivity contribution in [3.63, 3.8) is 0 Å². The number of rotatable bonds is 8. The predicted molar refractivity (Wildman–Crippen MR) is 129 cm³/mol. The minimum absolute atomic E-state index is 0.0137. The van der Waals surface area contributed by atoms with Crippen molar-refractivity contribution in [3.8, 4) is 5.75 Å². The van der Waals surface area contributed by atoms with Crippen LogP contribution in [0.5, 0.6) is 5.75 Å². The molecule has 34 heavy (non-hydrogen) atoms. The van der Waals surface area contributed by atoms with Crippen molar-refractivity contribution >= 4 is 12.1 Å². The Hall–Kier alpha value is -2.32. The monoisotopic (exact) mass is 476 g/mol. The molecule has 0 aromatic heterocycles. The van der Waals surface area contributed by atoms with E-state index >= 15 is 0 Å². The minimum Gasteiger partial charge on any atom is -0.479 e. The van der Waals surface area contributed by atoms with E-state index in [-0.39, 0.29) is 24.3 Å². The lowest BCUT2D eigenvalue weighted by Gasteiger charge is -2.36. The zero-order valence-electron chi connectivity index (χ0n) is 20.8. The molecule has 3 N–H and O–H groups in total. The smallest absolute Gasteiger partial charge is 0.407 e. The fourth-order valence-corrected chi connectivity index (χ4v) is 4.71. The maximum absolute atomic E-state index is 12.2. The van der Waals surface area contributed by atoms with Crippen LogP contribution in [0.25, 0.3) is 0 Å². The average molecular weight is 477 g/mol. The first kappa shape index (κ1) is 26.3. The number of piperidine rings is 1. The maximum Gasteiger partial charge on any atom is 0.407 e. The van der Waals surface area contributed by atoms with Crippen LogP contribution in [0.4, 0.5) is 4.79 Å². The van der Waals surface area contributed by atoms with Gasteiger partial charge in [0.25, 0.3) is 0 Å². The zero-order chi connectivity index (χ0) is 24.7. The first-order valence-corrected chi connectivity index (χ1v) is 12.5. The van der Waals surface area contributed by atoms with Crippen LogP contribution in [-0.2, 0) is 14.3 Å². The Labute approximate surface area is 202 Å². The summed E-state index contributed by atoms with van der Waals surface area (Å²) in [5.74, 6) is 0.0124. The second kappa shape index (κ2) is 11.9. The number of amides is 1. The molecule has 0 spiro atoms. The summed E-state index contributed by atoms with van der Waals surface area (Å²) < 4.78 is 17.4. The molecule has 190 valence electrons. The normalized spacial score (nSPS) is 26.4. The highest BCUT2D eigenvalue weighted by Crippen LogP contribution is 2.38. The van der Waals surface area contributed by atoms with Crippen LogP contribution in [0.15, 0.2) is 24.3 Å². The van der Waals surface area contributed by atoms with Gasteiger partial charge in [-0.25, -0.2) is 9.59 Å². The fraction of sp³-hybridized carbons (Fsp3) is 0.692. The van der Waals surface area contributed by atoms with Crippen LogP contribution in [0, 0.1) is 0 Å². The first-order valence-electron chi connectivity index (χ1n) is 12.5. The lowest BCUT2D eigenvalue weighted by atomic mass is 9.82. The minimum atomic E-state index is -0.970. The van der Waals surface area contributed by atoms with E-state index in [2.05, 4.69) is 10.6 Å². The Morgan fingerprint density at radius 1 is 1.15 bits per heavy atom. The van der Waals surface area contributed by atoms with Gasteiger partial charge in [0, 0.05) is 6.04 Å². The largest absolute Gasteiger partial charge is 0.479 e. The van der Waals surface area contributed by atoms with Crippen LogP contribution in [0.1, 0.15) is 77.7 Å². The Balaban J connectivity index is 1.49. The summed E-state index contributed by atoms with van der Waals surface area (Å²) in [5, 5.41) is 15.7. The van der Waals surface area contributed by atoms with Crippen molar-refractivity contribution in [2.75, 3.05) is 13.2 Å². The number of aliphatic carboxylic acids is 1. The van der Waals surface area contributed by atoms with E-state index in [0.29, 0.717) is 18.3 Å². The number of alkyl carbamates (subject to hydrolysis) is 1. The standard InChI is InChI=1S/C26H40N2O6/c1-17(24(29)30)33-23-10-6-5-8-20(23)18-11-13-19(14-12-18)32-16-22-21(9-7-15-27-22)28-25(31)34-26(2,3)4/h5-6,8,10,17-19,21-22,27H,7,9,11-16H2,1-4H3,(H,28,31)(H,29,30)/t17-,18?,19?,21?,22+/m1/s1. The average Bonchev–Trinajstić information content (AvgIpc) is 2.78. The van der Waals surface area contributed by atoms with Gasteiger partial charge in [-0.3, -0.25) is 0 Å². The number of para-hydroxylation sites is 1. The first-order chi connectivity index (χ1) is 16.1. The van der Waals surface area contributed by atoms with E-state index in [9.17, 15) is 14.7 Å². The van der Waals surface area contributed by atoms with Gasteiger partial charge in [-0.1, -0.05) is 18.2 Å². The van der Waals surface area contributed by atoms with Gasteiger partial charge < -0.3 is 30.0 Å². The molecule has 2 fully saturated rings. The van der Waals surface area contributed by atoms with Gasteiger partial charge in [0.1, 0.15) is 11.4 Å². The van der Waals surface area contributed by atoms with Gasteiger partial charge in [-0.2, -0.15) is 0 Å². The number of carboxylic acid groups (broad SMARTS) is 1. The Morgan fingerprint density at radius 3 is 2.53 bits per heavy atom. The number of ether oxygens (including phenoxy) is 3. The molecule has 1 aromatic carbocycles. The van der Waals surface area contributed by atoms with Crippen LogP contribution >= 0.6 is 0 Å². The molecule has 1 aliphatic heterocycles. The van der Waals surface area contributed by atoms with Crippen molar-refractivity contribution in [2.45, 2.75) is 102 Å². The number of hydrogen-bond acceptors (Lipinski definition) is 6. The molecule has 1 saturated heterocycles. The second-order valence-corrected chi connectivity index (χ2v) is 10.4. The molecule has 0 radical (unpaired) electrons. The lowest BCUT2D eigenvalue weighted by molar-refractivity contribution is -0.144. The second-order valence-electron chi connectivity index (χ2n) is 10.4. The molecular weight excluding hydrogens is 436 g/mol. The third-order valence-corrected chi connectivity index (χ3v) is 6.48. The highest BCUT2D eigenvalue weighted by molar-refractivity contribution is 5.72. The van der Waals surface area contributed by atoms with Crippen LogP contribution < -0.4 is 15.4 Å². The molecule has 1 heterocycles. The van der Waals surface area contributed by atoms with Gasteiger partial charge in [0.05, 0.1) is 18.8 Å². The van der Waals surface area contributed by atoms with Gasteiger partial charge in [0.2, 0.25) is 0 Å². The summed E-state index contributed by atoms with van der Waals surface area (Å²) in [7, 11) is 0. The topological polar surface area (TPSA) is 106 Å². The fourth-order valence-electron chi connectivity index (χ4n) is 4.71. The third kappa shape index (κ3) is 7.87. The number of benzene rings is 1. The third-order valence-electron chi connectivity index (χ3n) is 6.48. The summed E-state index contributed by atoms with van der Waals surface area (Å²) in [6, 6.07) is 7.79. The Bertz CT molecular complexity index is 816. The number of carbonyl (C=O) groups is 2. The molecule has 8 nitrogen and oxygen atoms in total. The van der Waals surface area contributed by atoms with Crippen molar-refractivity contribution in [1.82, 2.24) is 10.6 Å². The predicted octanol–water partition coefficient (Wildman–Crippen LogP) is 4.23. The summed E-state index contributed by atoms with van der Waals surface area (Å²) in [6.45, 7) is 8.60. The molecule has 3 atom stereocenters. The molecule has 1 saturated carbocycles. The summed E-state index contributed by atoms with van der Waals surface area (Å²) in [4.78, 5) is 23.4. The van der Waals surface area contributed by atoms with E-state index in [1.165, 1.54) is 0 Å². The number of nitrogens with one attached hydrogen (secondary N) is 2. The summed E-state index contributed by atoms with van der Waals surface area (Å²) in [5.41, 5.74) is 0.552. The van der Waals surface area contributed by atoms with Crippen LogP contribution in [0.2, 0.25) is 0 Å². The molecule has 1 aromatic rings. The van der Waals surface area contributed by atoms with E-state index in [1.54, 1.807) is 6.92 Å². The quantitative estimate of drug-likeness (QED) is 0.516. The van der Waals surface area contributed by atoms with Gasteiger partial charge in [-0.05, 0) is 90.3 Å². The van der Waals surface area contributed by atoms with E-state index < -0.39 is 17.7 Å². The SMILES string of the molecule is C[C@@H](Oc1ccccc1C1CCC(OC[C@@H]2NCCCC2NC(=O)OC(C)(C)C)CC1)C(=O)O. The van der Waals surface area contributed by atoms with E-state index in [4.69, 9.17) is 14.2 Å². The van der Waals surface area contributed by atoms with E-state index in [1.807, 2.05) is 45.0 Å². The summed E-state index contributed by atoms with van der Waals surface area (Å²) >= 11 is 0. The van der Waals surface area contributed by atoms with Gasteiger partial charge in [-0.15, -0.1) is 0 Å². The number of carboxylic acids is 1. The van der Waals surface area contributed by atoms with Gasteiger partial charge in [0.15, 0.2) is 6.10 Å². The Morgan fingerprint density at radius 2 is 1.85 bits per heavy atom. The van der Waals surface area contributed by atoms with Crippen molar-refractivity contribution in [1.29, 1.82) is 0 Å². The molecular formula is C26H40N2O6. The van der Waals surface area contributed by atoms with Crippen molar-refractivity contribution < 1.29 is 28.9 Å². The molecule has 1 unspecified atom stereocenters. The van der Waals surface area contributed by atoms with Crippen molar-refractivity contribution in [3.05, 3.63) is 29.8 Å². The molecule has 8 heteroatoms. The lowest BCUT2D eigenvalue weighted by Crippen LogP contribution is -2.56. The zero-order valence-corrected chi connectivity index (χ0v) is 20.8. The molecule has 0 bridgehead atoms. The van der Waals surface area contributed by atoms with Crippen LogP contribution in [0.3, 0.4) is 0 Å². The van der Waals surface area contributed by atoms with Crippen molar-refractivity contribution in [2.24, 2.45) is 0 Å². The number of hydrogen-bond donors (Lipinski definition) is 3. The number of carbonyl (C=O) groups excluding carboxylic acids is 1. The highest BCUT2D eigenvalue weighted by atomic mass is 16.6. The molecule has 1 amide bonds. The molecule has 2 aliphatic rings. The Kier molecular flexibility index (Phi) is 9.19. The highest BCUT2D eigenvalue weighted by Gasteiger charge is 2.31. The van der Waals surface area contributed by atoms with Crippen LogP contribution in [-0.4, -0.2) is 60.2 Å². The van der Waals surface area contributed by atoms with Gasteiger partial charge >= 0.3 is 12.1 Å². The van der Waals surface area contributed by atoms with E-state index in [0.717, 1.165) is 50.6 Å². The summed E-state index contributed by atoms with van der Waals surface area (Å²) in [6.07, 6.45) is 4.61. The maximum atomic E-state index is 12.2. The molecule has 1 aliphatic carbocycles.